The number of hydrogen-bond donors (Lipinski definition) is 0. The minimum Gasteiger partial charge on any atom is -0.457 e. The van der Waals surface area contributed by atoms with Crippen LogP contribution in [0.1, 0.15) is 129 Å². The molecule has 0 radical (unpaired) electrons. The highest BCUT2D eigenvalue weighted by atomic mass is 16.5. The summed E-state index contributed by atoms with van der Waals surface area (Å²) in [5, 5.41) is 2.37. The van der Waals surface area contributed by atoms with Crippen LogP contribution in [0.3, 0.4) is 0 Å². The quantitative estimate of drug-likeness (QED) is 0.0822. The molecule has 2 aliphatic heterocycles. The van der Waals surface area contributed by atoms with Crippen molar-refractivity contribution in [3.63, 3.8) is 0 Å². The molecule has 5 heteroatoms. The number of benzene rings is 6. The lowest BCUT2D eigenvalue weighted by molar-refractivity contribution is 0.422. The van der Waals surface area contributed by atoms with Crippen LogP contribution in [0.15, 0.2) is 140 Å². The van der Waals surface area contributed by atoms with Crippen molar-refractivity contribution in [3.05, 3.63) is 174 Å². The Bertz CT molecular complexity index is 3110. The van der Waals surface area contributed by atoms with Crippen LogP contribution in [0.2, 0.25) is 0 Å². The van der Waals surface area contributed by atoms with Crippen molar-refractivity contribution < 1.29 is 4.74 Å². The van der Waals surface area contributed by atoms with Gasteiger partial charge in [-0.2, -0.15) is 9.18 Å². The smallest absolute Gasteiger partial charge is 0.225 e. The van der Waals surface area contributed by atoms with E-state index in [0.717, 1.165) is 28.4 Å². The van der Waals surface area contributed by atoms with Gasteiger partial charge in [0, 0.05) is 59.4 Å². The van der Waals surface area contributed by atoms with Crippen molar-refractivity contribution in [2.45, 2.75) is 112 Å². The SMILES string of the molecule is CC(C)c1cc(C(C)C)c(-c2cccc([N@+]34[CH-][N+]3(c3cc(Oc5ccc6c7ccccc7n(-c7cc(C(C)(C)C)ccn7)c6c5)cc(C(C)(C)C)c3)c3ccccc34)c2)c(C(C)C)c1. The third-order valence-corrected chi connectivity index (χ3v) is 13.9. The molecule has 10 rings (SSSR count). The predicted molar refractivity (Wildman–Crippen MR) is 270 cm³/mol. The third-order valence-electron chi connectivity index (χ3n) is 13.9. The van der Waals surface area contributed by atoms with E-state index in [1.54, 1.807) is 0 Å². The number of nitrogens with zero attached hydrogens (tertiary/aromatic N) is 4. The molecule has 4 heterocycles. The van der Waals surface area contributed by atoms with E-state index in [-0.39, 0.29) is 10.8 Å². The fourth-order valence-corrected chi connectivity index (χ4v) is 10.3. The molecule has 0 spiro atoms. The zero-order chi connectivity index (χ0) is 45.1. The molecule has 0 amide bonds. The molecule has 0 aliphatic carbocycles. The van der Waals surface area contributed by atoms with Crippen molar-refractivity contribution in [3.8, 4) is 28.4 Å². The Hall–Kier alpha value is -6.01. The first-order chi connectivity index (χ1) is 30.4. The Morgan fingerprint density at radius 3 is 1.83 bits per heavy atom. The van der Waals surface area contributed by atoms with Gasteiger partial charge >= 0.3 is 0 Å². The summed E-state index contributed by atoms with van der Waals surface area (Å²) in [5.41, 5.74) is 16.6. The van der Waals surface area contributed by atoms with Crippen LogP contribution in [-0.4, -0.2) is 9.55 Å². The summed E-state index contributed by atoms with van der Waals surface area (Å²) in [6, 6.07) is 49.7. The molecule has 2 aromatic heterocycles. The average Bonchev–Trinajstić information content (AvgIpc) is 3.76. The number of ether oxygens (including phenoxy) is 1. The van der Waals surface area contributed by atoms with Gasteiger partial charge in [0.1, 0.15) is 17.3 Å². The van der Waals surface area contributed by atoms with Gasteiger partial charge in [-0.15, -0.1) is 0 Å². The molecule has 1 unspecified atom stereocenters. The summed E-state index contributed by atoms with van der Waals surface area (Å²) in [7, 11) is 0. The molecule has 0 bridgehead atoms. The van der Waals surface area contributed by atoms with E-state index in [1.165, 1.54) is 72.5 Å². The van der Waals surface area contributed by atoms with Crippen LogP contribution in [-0.2, 0) is 10.8 Å². The second kappa shape index (κ2) is 14.8. The largest absolute Gasteiger partial charge is 0.457 e. The van der Waals surface area contributed by atoms with Crippen LogP contribution in [0.4, 0.5) is 22.7 Å². The Morgan fingerprint density at radius 2 is 1.17 bits per heavy atom. The molecule has 2 atom stereocenters. The summed E-state index contributed by atoms with van der Waals surface area (Å²) >= 11 is 0. The van der Waals surface area contributed by atoms with Crippen molar-refractivity contribution in [2.75, 3.05) is 0 Å². The summed E-state index contributed by atoms with van der Waals surface area (Å²) in [6.07, 6.45) is 1.94. The van der Waals surface area contributed by atoms with E-state index in [2.05, 4.69) is 228 Å². The maximum absolute atomic E-state index is 7.05. The summed E-state index contributed by atoms with van der Waals surface area (Å²) in [6.45, 7) is 30.1. The topological polar surface area (TPSA) is 27.1 Å². The van der Waals surface area contributed by atoms with Crippen LogP contribution < -0.4 is 13.9 Å². The van der Waals surface area contributed by atoms with Crippen LogP contribution in [0, 0.1) is 6.67 Å². The Morgan fingerprint density at radius 1 is 0.531 bits per heavy atom. The second-order valence-electron chi connectivity index (χ2n) is 21.3. The number of aromatic nitrogens is 2. The molecule has 5 nitrogen and oxygen atoms in total. The molecule has 0 saturated carbocycles. The molecular weight excluding hydrogens is 781 g/mol. The normalized spacial score (nSPS) is 18.2. The van der Waals surface area contributed by atoms with Gasteiger partial charge in [-0.25, -0.2) is 4.98 Å². The van der Waals surface area contributed by atoms with Gasteiger partial charge in [0.25, 0.3) is 0 Å². The Kier molecular flexibility index (Phi) is 9.68. The maximum Gasteiger partial charge on any atom is 0.225 e. The van der Waals surface area contributed by atoms with Crippen LogP contribution >= 0.6 is 0 Å². The Labute approximate surface area is 380 Å². The van der Waals surface area contributed by atoms with Gasteiger partial charge < -0.3 is 4.74 Å². The Balaban J connectivity index is 1.10. The third kappa shape index (κ3) is 6.45. The highest BCUT2D eigenvalue weighted by molar-refractivity contribution is 6.09. The van der Waals surface area contributed by atoms with E-state index >= 15 is 0 Å². The lowest BCUT2D eigenvalue weighted by Gasteiger charge is -2.40. The van der Waals surface area contributed by atoms with E-state index in [9.17, 15) is 0 Å². The lowest BCUT2D eigenvalue weighted by atomic mass is 9.81. The minimum absolute atomic E-state index is 0.00817. The van der Waals surface area contributed by atoms with Gasteiger partial charge in [-0.3, -0.25) is 4.57 Å². The molecule has 2 aliphatic rings. The number of hydrogen-bond acceptors (Lipinski definition) is 2. The first kappa shape index (κ1) is 42.0. The molecule has 1 saturated heterocycles. The predicted octanol–water partition coefficient (Wildman–Crippen LogP) is 16.9. The number of fused-ring (bicyclic) bond motifs is 7. The molecule has 8 aromatic rings. The van der Waals surface area contributed by atoms with Crippen molar-refractivity contribution in [1.82, 2.24) is 18.7 Å². The lowest BCUT2D eigenvalue weighted by Crippen LogP contribution is -2.46. The first-order valence-corrected chi connectivity index (χ1v) is 23.3. The number of quaternary nitrogens is 2. The van der Waals surface area contributed by atoms with E-state index < -0.39 is 0 Å². The van der Waals surface area contributed by atoms with Crippen molar-refractivity contribution >= 4 is 44.6 Å². The standard InChI is InChI=1S/C59H63N4O/c1-37(2)41-29-50(38(3)4)57(51(30-41)39(5)6)40-18-17-19-44(28-40)62-36-63(62,55-23-16-15-22-54(55)62)45-31-43(59(10,11)12)32-47(34-45)64-46-24-25-49-48-20-13-14-21-52(48)61(53(49)35-46)56-33-42(26-27-60-56)58(7,8)9/h13-39H,1-12H3/q+1/t62-,63?/m0/s1. The summed E-state index contributed by atoms with van der Waals surface area (Å²) in [5.74, 6) is 3.79. The number of para-hydroxylation sites is 3. The van der Waals surface area contributed by atoms with Crippen molar-refractivity contribution in [1.29, 1.82) is 0 Å². The second-order valence-corrected chi connectivity index (χ2v) is 21.3. The van der Waals surface area contributed by atoms with Gasteiger partial charge in [0.15, 0.2) is 18.0 Å². The van der Waals surface area contributed by atoms with Crippen LogP contribution in [0.25, 0.3) is 38.8 Å². The molecule has 324 valence electrons. The van der Waals surface area contributed by atoms with Gasteiger partial charge in [-0.1, -0.05) is 138 Å². The van der Waals surface area contributed by atoms with E-state index in [0.29, 0.717) is 26.9 Å². The van der Waals surface area contributed by atoms with Crippen molar-refractivity contribution in [2.24, 2.45) is 0 Å². The van der Waals surface area contributed by atoms with Gasteiger partial charge in [0.2, 0.25) is 11.4 Å². The first-order valence-electron chi connectivity index (χ1n) is 23.3. The fraction of sp³-hybridized carbons (Fsp3) is 0.288. The molecule has 6 aromatic carbocycles. The maximum atomic E-state index is 7.05. The molecular formula is C59H63N4O+. The minimum atomic E-state index is -0.120. The molecule has 1 fully saturated rings. The molecule has 64 heavy (non-hydrogen) atoms. The number of rotatable bonds is 9. The van der Waals surface area contributed by atoms with Crippen LogP contribution in [0.5, 0.6) is 11.5 Å². The van der Waals surface area contributed by atoms with Gasteiger partial charge in [0.05, 0.1) is 11.0 Å². The number of pyridine rings is 1. The van der Waals surface area contributed by atoms with E-state index in [1.807, 2.05) is 6.20 Å². The zero-order valence-corrected chi connectivity index (χ0v) is 39.8. The zero-order valence-electron chi connectivity index (χ0n) is 39.8. The fourth-order valence-electron chi connectivity index (χ4n) is 10.3. The van der Waals surface area contributed by atoms with E-state index in [4.69, 9.17) is 9.72 Å². The summed E-state index contributed by atoms with van der Waals surface area (Å²) < 4.78 is 10.6. The summed E-state index contributed by atoms with van der Waals surface area (Å²) in [4.78, 5) is 4.93. The average molecular weight is 844 g/mol. The highest BCUT2D eigenvalue weighted by Crippen LogP contribution is 2.75. The monoisotopic (exact) mass is 843 g/mol. The van der Waals surface area contributed by atoms with Gasteiger partial charge in [-0.05, 0) is 104 Å². The molecule has 0 N–H and O–H groups in total. The highest BCUT2D eigenvalue weighted by Gasteiger charge is 2.78.